The molecule has 0 aliphatic rings. The Morgan fingerprint density at radius 1 is 1.23 bits per heavy atom. The number of nitrogens with zero attached hydrogens (tertiary/aromatic N) is 2. The van der Waals surface area contributed by atoms with Gasteiger partial charge < -0.3 is 19.4 Å². The summed E-state index contributed by atoms with van der Waals surface area (Å²) in [6.07, 6.45) is 3.00. The quantitative estimate of drug-likeness (QED) is 0.584. The second-order valence-electron chi connectivity index (χ2n) is 6.55. The van der Waals surface area contributed by atoms with Crippen LogP contribution in [0.25, 0.3) is 6.08 Å². The number of benzene rings is 2. The Hall–Kier alpha value is -3.32. The van der Waals surface area contributed by atoms with Crippen molar-refractivity contribution < 1.29 is 13.9 Å². The first-order valence-electron chi connectivity index (χ1n) is 9.03. The third-order valence-electron chi connectivity index (χ3n) is 4.56. The van der Waals surface area contributed by atoms with Gasteiger partial charge in [-0.05, 0) is 36.2 Å². The van der Waals surface area contributed by atoms with Crippen LogP contribution in [0.4, 0.5) is 16.0 Å². The van der Waals surface area contributed by atoms with Gasteiger partial charge in [0.15, 0.2) is 0 Å². The van der Waals surface area contributed by atoms with Crippen molar-refractivity contribution in [1.29, 1.82) is 0 Å². The van der Waals surface area contributed by atoms with Crippen LogP contribution in [0, 0.1) is 12.7 Å². The second kappa shape index (κ2) is 9.00. The molecule has 1 heterocycles. The minimum Gasteiger partial charge on any atom is -0.495 e. The normalized spacial score (nSPS) is 10.6. The van der Waals surface area contributed by atoms with E-state index in [1.165, 1.54) is 26.4 Å². The van der Waals surface area contributed by atoms with Gasteiger partial charge in [0.05, 0.1) is 32.0 Å². The zero-order valence-corrected chi connectivity index (χ0v) is 17.6. The molecule has 0 aliphatic heterocycles. The van der Waals surface area contributed by atoms with Crippen molar-refractivity contribution in [1.82, 2.24) is 9.55 Å². The van der Waals surface area contributed by atoms with E-state index in [9.17, 15) is 9.18 Å². The van der Waals surface area contributed by atoms with Crippen LogP contribution in [0.1, 0.15) is 16.7 Å². The summed E-state index contributed by atoms with van der Waals surface area (Å²) in [5.74, 6) is 0.516. The summed E-state index contributed by atoms with van der Waals surface area (Å²) in [5.41, 5.74) is 2.19. The maximum Gasteiger partial charge on any atom is 0.316 e. The van der Waals surface area contributed by atoms with Crippen molar-refractivity contribution >= 4 is 29.3 Å². The summed E-state index contributed by atoms with van der Waals surface area (Å²) >= 11 is 6.17. The first kappa shape index (κ1) is 21.4. The van der Waals surface area contributed by atoms with Crippen molar-refractivity contribution in [2.75, 3.05) is 19.5 Å². The minimum atomic E-state index is -0.513. The number of hydrogen-bond acceptors (Lipinski definition) is 5. The summed E-state index contributed by atoms with van der Waals surface area (Å²) in [7, 11) is 2.92. The molecule has 0 radical (unpaired) electrons. The molecular weight excluding hydrogens is 409 g/mol. The van der Waals surface area contributed by atoms with Gasteiger partial charge in [-0.25, -0.2) is 4.39 Å². The predicted molar refractivity (Wildman–Crippen MR) is 117 cm³/mol. The van der Waals surface area contributed by atoms with Crippen LogP contribution < -0.4 is 20.3 Å². The van der Waals surface area contributed by atoms with Crippen LogP contribution in [0.3, 0.4) is 0 Å². The first-order valence-corrected chi connectivity index (χ1v) is 9.41. The number of nitrogens with one attached hydrogen (secondary N) is 1. The van der Waals surface area contributed by atoms with Crippen molar-refractivity contribution in [3.05, 3.63) is 81.0 Å². The number of rotatable bonds is 7. The van der Waals surface area contributed by atoms with Crippen LogP contribution in [-0.2, 0) is 6.54 Å². The minimum absolute atomic E-state index is 0.0945. The van der Waals surface area contributed by atoms with Gasteiger partial charge in [0.25, 0.3) is 0 Å². The lowest BCUT2D eigenvalue weighted by molar-refractivity contribution is 0.402. The van der Waals surface area contributed by atoms with E-state index in [4.69, 9.17) is 21.1 Å². The average molecular weight is 430 g/mol. The van der Waals surface area contributed by atoms with E-state index >= 15 is 0 Å². The smallest absolute Gasteiger partial charge is 0.316 e. The molecular formula is C22H21ClFN3O3. The van der Waals surface area contributed by atoms with Crippen LogP contribution in [-0.4, -0.2) is 23.8 Å². The van der Waals surface area contributed by atoms with Gasteiger partial charge in [-0.3, -0.25) is 4.79 Å². The van der Waals surface area contributed by atoms with Gasteiger partial charge in [0.1, 0.15) is 11.6 Å². The predicted octanol–water partition coefficient (Wildman–Crippen LogP) is 4.80. The molecule has 2 aromatic carbocycles. The molecule has 1 N–H and O–H groups in total. The van der Waals surface area contributed by atoms with E-state index in [2.05, 4.69) is 16.9 Å². The number of ether oxygens (including phenoxy) is 2. The Morgan fingerprint density at radius 2 is 1.97 bits per heavy atom. The molecule has 0 unspecified atom stereocenters. The fourth-order valence-corrected chi connectivity index (χ4v) is 3.24. The van der Waals surface area contributed by atoms with Gasteiger partial charge >= 0.3 is 5.56 Å². The van der Waals surface area contributed by atoms with Crippen LogP contribution in [0.2, 0.25) is 5.02 Å². The topological polar surface area (TPSA) is 65.4 Å². The number of methoxy groups -OCH3 is 2. The molecule has 0 atom stereocenters. The molecule has 8 heteroatoms. The summed E-state index contributed by atoms with van der Waals surface area (Å²) in [5, 5.41) is 3.63. The lowest BCUT2D eigenvalue weighted by Gasteiger charge is -2.17. The third-order valence-corrected chi connectivity index (χ3v) is 4.86. The van der Waals surface area contributed by atoms with Gasteiger partial charge in [0, 0.05) is 17.3 Å². The Morgan fingerprint density at radius 3 is 2.63 bits per heavy atom. The SMILES string of the molecule is C=Cc1cc(Cn2cc(OC)c(=O)nc2Nc2cc(OC)c(Cl)cc2C)ccc1F. The molecule has 3 rings (SSSR count). The molecule has 0 spiro atoms. The van der Waals surface area contributed by atoms with Crippen molar-refractivity contribution in [3.8, 4) is 11.5 Å². The molecule has 156 valence electrons. The van der Waals surface area contributed by atoms with E-state index < -0.39 is 5.56 Å². The zero-order valence-electron chi connectivity index (χ0n) is 16.8. The summed E-state index contributed by atoms with van der Waals surface area (Å²) in [4.78, 5) is 16.4. The monoisotopic (exact) mass is 429 g/mol. The van der Waals surface area contributed by atoms with Crippen molar-refractivity contribution in [2.45, 2.75) is 13.5 Å². The maximum absolute atomic E-state index is 13.8. The number of anilines is 2. The lowest BCUT2D eigenvalue weighted by Crippen LogP contribution is -2.19. The van der Waals surface area contributed by atoms with E-state index in [1.54, 1.807) is 35.0 Å². The molecule has 0 saturated carbocycles. The fourth-order valence-electron chi connectivity index (χ4n) is 2.94. The van der Waals surface area contributed by atoms with Crippen LogP contribution >= 0.6 is 11.6 Å². The number of hydrogen-bond donors (Lipinski definition) is 1. The van der Waals surface area contributed by atoms with Crippen molar-refractivity contribution in [2.24, 2.45) is 0 Å². The Labute approximate surface area is 178 Å². The molecule has 0 aliphatic carbocycles. The summed E-state index contributed by atoms with van der Waals surface area (Å²) < 4.78 is 25.9. The van der Waals surface area contributed by atoms with Crippen LogP contribution in [0.15, 0.2) is 47.9 Å². The largest absolute Gasteiger partial charge is 0.495 e. The standard InChI is InChI=1S/C22H21ClFN3O3/c1-5-15-9-14(6-7-17(15)24)11-27-12-20(30-4)21(28)26-22(27)25-18-10-19(29-3)16(23)8-13(18)2/h5-10,12H,1,11H2,2-4H3,(H,25,26,28). The van der Waals surface area contributed by atoms with E-state index in [1.807, 2.05) is 6.92 Å². The fraction of sp³-hybridized carbons (Fsp3) is 0.182. The average Bonchev–Trinajstić information content (AvgIpc) is 2.73. The Kier molecular flexibility index (Phi) is 6.42. The third kappa shape index (κ3) is 4.46. The highest BCUT2D eigenvalue weighted by Gasteiger charge is 2.13. The lowest BCUT2D eigenvalue weighted by atomic mass is 10.1. The number of aromatic nitrogens is 2. The molecule has 3 aromatic rings. The highest BCUT2D eigenvalue weighted by Crippen LogP contribution is 2.32. The van der Waals surface area contributed by atoms with Crippen molar-refractivity contribution in [3.63, 3.8) is 0 Å². The number of halogens is 2. The zero-order chi connectivity index (χ0) is 21.8. The molecule has 30 heavy (non-hydrogen) atoms. The second-order valence-corrected chi connectivity index (χ2v) is 6.96. The van der Waals surface area contributed by atoms with E-state index in [0.717, 1.165) is 11.1 Å². The van der Waals surface area contributed by atoms with Gasteiger partial charge in [0.2, 0.25) is 11.7 Å². The molecule has 0 amide bonds. The number of aryl methyl sites for hydroxylation is 1. The van der Waals surface area contributed by atoms with E-state index in [0.29, 0.717) is 28.6 Å². The molecule has 0 saturated heterocycles. The van der Waals surface area contributed by atoms with Crippen LogP contribution in [0.5, 0.6) is 11.5 Å². The Balaban J connectivity index is 2.06. The molecule has 0 bridgehead atoms. The summed E-state index contributed by atoms with van der Waals surface area (Å²) in [6, 6.07) is 8.21. The maximum atomic E-state index is 13.8. The van der Waals surface area contributed by atoms with Gasteiger partial charge in [-0.1, -0.05) is 30.3 Å². The molecule has 1 aromatic heterocycles. The van der Waals surface area contributed by atoms with Gasteiger partial charge in [-0.15, -0.1) is 0 Å². The first-order chi connectivity index (χ1) is 14.4. The Bertz CT molecular complexity index is 1160. The molecule has 6 nitrogen and oxygen atoms in total. The molecule has 0 fully saturated rings. The summed E-state index contributed by atoms with van der Waals surface area (Å²) in [6.45, 7) is 5.82. The highest BCUT2D eigenvalue weighted by molar-refractivity contribution is 6.32. The van der Waals surface area contributed by atoms with Gasteiger partial charge in [-0.2, -0.15) is 4.98 Å². The van der Waals surface area contributed by atoms with E-state index in [-0.39, 0.29) is 17.5 Å². The highest BCUT2D eigenvalue weighted by atomic mass is 35.5.